The Kier molecular flexibility index (Phi) is 4.68. The van der Waals surface area contributed by atoms with Crippen molar-refractivity contribution in [1.82, 2.24) is 9.80 Å². The van der Waals surface area contributed by atoms with Crippen molar-refractivity contribution in [3.05, 3.63) is 35.6 Å². The molecule has 2 saturated heterocycles. The molecule has 0 bridgehead atoms. The molecule has 2 aliphatic heterocycles. The number of rotatable bonds is 3. The van der Waals surface area contributed by atoms with Gasteiger partial charge in [-0.3, -0.25) is 9.69 Å². The molecular weight excluding hydrogens is 319 g/mol. The van der Waals surface area contributed by atoms with Crippen molar-refractivity contribution >= 4 is 15.7 Å². The number of sulfone groups is 1. The predicted molar refractivity (Wildman–Crippen MR) is 85.0 cm³/mol. The highest BCUT2D eigenvalue weighted by molar-refractivity contribution is 7.91. The topological polar surface area (TPSA) is 57.7 Å². The molecule has 0 saturated carbocycles. The second-order valence-corrected chi connectivity index (χ2v) is 8.52. The summed E-state index contributed by atoms with van der Waals surface area (Å²) in [6, 6.07) is 6.72. The van der Waals surface area contributed by atoms with Crippen LogP contribution in [0.25, 0.3) is 0 Å². The Labute approximate surface area is 136 Å². The summed E-state index contributed by atoms with van der Waals surface area (Å²) in [5.74, 6) is -0.519. The summed E-state index contributed by atoms with van der Waals surface area (Å²) in [6.07, 6.45) is 0.441. The molecule has 1 atom stereocenters. The maximum Gasteiger partial charge on any atom is 0.226 e. The number of carbonyl (C=O) groups excluding carboxylic acids is 1. The molecule has 0 N–H and O–H groups in total. The van der Waals surface area contributed by atoms with Gasteiger partial charge in [-0.05, 0) is 12.5 Å². The first kappa shape index (κ1) is 16.4. The van der Waals surface area contributed by atoms with Gasteiger partial charge in [-0.25, -0.2) is 12.8 Å². The molecule has 5 nitrogen and oxygen atoms in total. The maximum absolute atomic E-state index is 13.7. The zero-order chi connectivity index (χ0) is 16.4. The first-order valence-electron chi connectivity index (χ1n) is 7.89. The highest BCUT2D eigenvalue weighted by Gasteiger charge is 2.36. The standard InChI is InChI=1S/C16H21FN2O3S/c17-15-4-2-1-3-13(15)11-18-6-8-19(9-7-18)16(20)14-5-10-23(21,22)12-14/h1-4,14H,5-12H2/t14-/m1/s1. The fourth-order valence-electron chi connectivity index (χ4n) is 3.24. The molecule has 2 fully saturated rings. The molecule has 1 aromatic rings. The molecule has 1 amide bonds. The molecule has 7 heteroatoms. The van der Waals surface area contributed by atoms with Crippen LogP contribution >= 0.6 is 0 Å². The van der Waals surface area contributed by atoms with Crippen molar-refractivity contribution in [2.75, 3.05) is 37.7 Å². The van der Waals surface area contributed by atoms with Crippen LogP contribution in [0.15, 0.2) is 24.3 Å². The molecule has 2 aliphatic rings. The normalized spacial score (nSPS) is 24.7. The average Bonchev–Trinajstić information content (AvgIpc) is 2.90. The minimum absolute atomic E-state index is 0.0126. The quantitative estimate of drug-likeness (QED) is 0.821. The lowest BCUT2D eigenvalue weighted by Crippen LogP contribution is -2.50. The van der Waals surface area contributed by atoms with E-state index in [0.29, 0.717) is 44.7 Å². The van der Waals surface area contributed by atoms with Gasteiger partial charge in [0.2, 0.25) is 5.91 Å². The molecule has 1 aromatic carbocycles. The average molecular weight is 340 g/mol. The summed E-state index contributed by atoms with van der Waals surface area (Å²) in [4.78, 5) is 16.3. The van der Waals surface area contributed by atoms with Gasteiger partial charge in [0.05, 0.1) is 17.4 Å². The van der Waals surface area contributed by atoms with Crippen molar-refractivity contribution < 1.29 is 17.6 Å². The van der Waals surface area contributed by atoms with Gasteiger partial charge in [-0.2, -0.15) is 0 Å². The van der Waals surface area contributed by atoms with E-state index in [1.165, 1.54) is 6.07 Å². The van der Waals surface area contributed by atoms with Crippen LogP contribution in [-0.2, 0) is 21.2 Å². The Hall–Kier alpha value is -1.47. The van der Waals surface area contributed by atoms with Gasteiger partial charge < -0.3 is 4.90 Å². The zero-order valence-electron chi connectivity index (χ0n) is 12.9. The van der Waals surface area contributed by atoms with Crippen molar-refractivity contribution in [3.63, 3.8) is 0 Å². The van der Waals surface area contributed by atoms with Gasteiger partial charge in [0, 0.05) is 38.3 Å². The van der Waals surface area contributed by atoms with Gasteiger partial charge in [0.1, 0.15) is 5.82 Å². The monoisotopic (exact) mass is 340 g/mol. The van der Waals surface area contributed by atoms with Gasteiger partial charge in [0.15, 0.2) is 9.84 Å². The Balaban J connectivity index is 1.52. The lowest BCUT2D eigenvalue weighted by atomic mass is 10.1. The number of amides is 1. The molecule has 126 valence electrons. The Morgan fingerprint density at radius 1 is 1.17 bits per heavy atom. The number of hydrogen-bond acceptors (Lipinski definition) is 4. The van der Waals surface area contributed by atoms with E-state index in [1.54, 1.807) is 17.0 Å². The molecule has 23 heavy (non-hydrogen) atoms. The number of halogens is 1. The minimum Gasteiger partial charge on any atom is -0.340 e. The number of carbonyl (C=O) groups is 1. The third-order valence-electron chi connectivity index (χ3n) is 4.62. The number of nitrogens with zero attached hydrogens (tertiary/aromatic N) is 2. The molecular formula is C16H21FN2O3S. The van der Waals surface area contributed by atoms with Crippen LogP contribution in [0.5, 0.6) is 0 Å². The van der Waals surface area contributed by atoms with Gasteiger partial charge >= 0.3 is 0 Å². The van der Waals surface area contributed by atoms with Crippen LogP contribution in [0, 0.1) is 11.7 Å². The van der Waals surface area contributed by atoms with E-state index in [-0.39, 0.29) is 29.1 Å². The van der Waals surface area contributed by atoms with E-state index in [2.05, 4.69) is 4.90 Å². The minimum atomic E-state index is -3.03. The second-order valence-electron chi connectivity index (χ2n) is 6.29. The molecule has 0 spiro atoms. The van der Waals surface area contributed by atoms with Crippen molar-refractivity contribution in [2.24, 2.45) is 5.92 Å². The molecule has 2 heterocycles. The summed E-state index contributed by atoms with van der Waals surface area (Å²) in [6.45, 7) is 3.04. The molecule has 0 aliphatic carbocycles. The molecule has 0 radical (unpaired) electrons. The second kappa shape index (κ2) is 6.57. The van der Waals surface area contributed by atoms with Crippen LogP contribution in [0.4, 0.5) is 4.39 Å². The van der Waals surface area contributed by atoms with Crippen molar-refractivity contribution in [2.45, 2.75) is 13.0 Å². The van der Waals surface area contributed by atoms with Crippen LogP contribution in [-0.4, -0.2) is 61.8 Å². The van der Waals surface area contributed by atoms with Crippen molar-refractivity contribution in [1.29, 1.82) is 0 Å². The van der Waals surface area contributed by atoms with E-state index in [1.807, 2.05) is 6.07 Å². The summed E-state index contributed by atoms with van der Waals surface area (Å²) in [7, 11) is -3.03. The first-order valence-corrected chi connectivity index (χ1v) is 9.72. The predicted octanol–water partition coefficient (Wildman–Crippen LogP) is 0.905. The Bertz CT molecular complexity index is 684. The van der Waals surface area contributed by atoms with E-state index < -0.39 is 9.84 Å². The van der Waals surface area contributed by atoms with Crippen LogP contribution in [0.2, 0.25) is 0 Å². The van der Waals surface area contributed by atoms with E-state index in [9.17, 15) is 17.6 Å². The first-order chi connectivity index (χ1) is 10.9. The highest BCUT2D eigenvalue weighted by Crippen LogP contribution is 2.22. The summed E-state index contributed by atoms with van der Waals surface area (Å²) >= 11 is 0. The van der Waals surface area contributed by atoms with E-state index >= 15 is 0 Å². The number of hydrogen-bond donors (Lipinski definition) is 0. The lowest BCUT2D eigenvalue weighted by Gasteiger charge is -2.35. The smallest absolute Gasteiger partial charge is 0.226 e. The van der Waals surface area contributed by atoms with Crippen LogP contribution in [0.3, 0.4) is 0 Å². The summed E-state index contributed by atoms with van der Waals surface area (Å²) < 4.78 is 36.7. The Morgan fingerprint density at radius 2 is 1.87 bits per heavy atom. The maximum atomic E-state index is 13.7. The van der Waals surface area contributed by atoms with Crippen molar-refractivity contribution in [3.8, 4) is 0 Å². The zero-order valence-corrected chi connectivity index (χ0v) is 13.8. The van der Waals surface area contributed by atoms with E-state index in [0.717, 1.165) is 0 Å². The third-order valence-corrected chi connectivity index (χ3v) is 6.39. The highest BCUT2D eigenvalue weighted by atomic mass is 32.2. The SMILES string of the molecule is O=C([C@@H]1CCS(=O)(=O)C1)N1CCN(Cc2ccccc2F)CC1. The third kappa shape index (κ3) is 3.90. The largest absolute Gasteiger partial charge is 0.340 e. The van der Waals surface area contributed by atoms with Gasteiger partial charge in [-0.15, -0.1) is 0 Å². The van der Waals surface area contributed by atoms with Crippen LogP contribution in [0.1, 0.15) is 12.0 Å². The van der Waals surface area contributed by atoms with E-state index in [4.69, 9.17) is 0 Å². The lowest BCUT2D eigenvalue weighted by molar-refractivity contribution is -0.136. The van der Waals surface area contributed by atoms with Gasteiger partial charge in [-0.1, -0.05) is 18.2 Å². The number of benzene rings is 1. The molecule has 0 unspecified atom stereocenters. The number of piperazine rings is 1. The van der Waals surface area contributed by atoms with Crippen LogP contribution < -0.4 is 0 Å². The molecule has 3 rings (SSSR count). The fraction of sp³-hybridized carbons (Fsp3) is 0.562. The summed E-state index contributed by atoms with van der Waals surface area (Å²) in [5, 5.41) is 0. The summed E-state index contributed by atoms with van der Waals surface area (Å²) in [5.41, 5.74) is 0.661. The molecule has 0 aromatic heterocycles. The van der Waals surface area contributed by atoms with Gasteiger partial charge in [0.25, 0.3) is 0 Å². The Morgan fingerprint density at radius 3 is 2.48 bits per heavy atom. The fourth-order valence-corrected chi connectivity index (χ4v) is 4.97.